The molecule has 0 radical (unpaired) electrons. The molecule has 1 aliphatic carbocycles. The van der Waals surface area contributed by atoms with E-state index in [4.69, 9.17) is 4.74 Å². The molecule has 0 aromatic heterocycles. The van der Waals surface area contributed by atoms with Gasteiger partial charge in [0.2, 0.25) is 10.0 Å². The highest BCUT2D eigenvalue weighted by atomic mass is 32.2. The van der Waals surface area contributed by atoms with E-state index in [1.54, 1.807) is 0 Å². The van der Waals surface area contributed by atoms with Crippen molar-refractivity contribution in [1.29, 1.82) is 0 Å². The monoisotopic (exact) mass is 386 g/mol. The molecule has 0 spiro atoms. The first-order valence-corrected chi connectivity index (χ1v) is 10.0. The summed E-state index contributed by atoms with van der Waals surface area (Å²) in [7, 11) is -3.95. The topological polar surface area (TPSA) is 102 Å². The Bertz CT molecular complexity index is 715. The van der Waals surface area contributed by atoms with Crippen LogP contribution in [0.5, 0.6) is 0 Å². The summed E-state index contributed by atoms with van der Waals surface area (Å²) in [6.45, 7) is -0.507. The van der Waals surface area contributed by atoms with Crippen molar-refractivity contribution < 1.29 is 27.1 Å². The quantitative estimate of drug-likeness (QED) is 0.657. The lowest BCUT2D eigenvalue weighted by atomic mass is 9.89. The maximum atomic E-state index is 12.8. The zero-order valence-electron chi connectivity index (χ0n) is 14.4. The number of ether oxygens (including phenoxy) is 1. The third-order valence-electron chi connectivity index (χ3n) is 4.21. The second kappa shape index (κ2) is 9.63. The normalized spacial score (nSPS) is 15.4. The molecule has 1 aliphatic rings. The van der Waals surface area contributed by atoms with E-state index in [1.807, 2.05) is 4.72 Å². The first-order chi connectivity index (χ1) is 12.4. The molecule has 0 heterocycles. The zero-order valence-corrected chi connectivity index (χ0v) is 15.2. The van der Waals surface area contributed by atoms with Crippen LogP contribution in [0.1, 0.15) is 32.1 Å². The van der Waals surface area contributed by atoms with E-state index in [9.17, 15) is 22.4 Å². The molecule has 7 nitrogen and oxygen atoms in total. The Labute approximate surface area is 152 Å². The minimum atomic E-state index is -3.95. The highest BCUT2D eigenvalue weighted by Gasteiger charge is 2.17. The summed E-state index contributed by atoms with van der Waals surface area (Å²) in [5.74, 6) is -1.39. The number of carbonyl (C=O) groups is 2. The maximum Gasteiger partial charge on any atom is 0.321 e. The Morgan fingerprint density at radius 1 is 1.12 bits per heavy atom. The lowest BCUT2D eigenvalue weighted by Crippen LogP contribution is -2.36. The van der Waals surface area contributed by atoms with Crippen LogP contribution in [0.15, 0.2) is 29.2 Å². The van der Waals surface area contributed by atoms with Gasteiger partial charge >= 0.3 is 5.97 Å². The van der Waals surface area contributed by atoms with Crippen LogP contribution < -0.4 is 10.0 Å². The maximum absolute atomic E-state index is 12.8. The van der Waals surface area contributed by atoms with Gasteiger partial charge in [-0.25, -0.2) is 12.8 Å². The van der Waals surface area contributed by atoms with E-state index in [1.165, 1.54) is 19.3 Å². The van der Waals surface area contributed by atoms with Crippen LogP contribution in [-0.2, 0) is 24.3 Å². The molecular formula is C17H23FN2O5S. The summed E-state index contributed by atoms with van der Waals surface area (Å²) in [5.41, 5.74) is 0. The predicted octanol–water partition coefficient (Wildman–Crippen LogP) is 1.34. The molecule has 1 aromatic carbocycles. The lowest BCUT2D eigenvalue weighted by molar-refractivity contribution is -0.147. The van der Waals surface area contributed by atoms with Crippen LogP contribution in [-0.4, -0.2) is 40.0 Å². The number of amides is 1. The molecule has 0 saturated heterocycles. The molecule has 0 bridgehead atoms. The van der Waals surface area contributed by atoms with Gasteiger partial charge in [-0.15, -0.1) is 0 Å². The highest BCUT2D eigenvalue weighted by molar-refractivity contribution is 7.89. The van der Waals surface area contributed by atoms with Gasteiger partial charge in [0.1, 0.15) is 12.4 Å². The van der Waals surface area contributed by atoms with E-state index in [0.717, 1.165) is 37.1 Å². The average Bonchev–Trinajstić information content (AvgIpc) is 2.64. The van der Waals surface area contributed by atoms with Crippen molar-refractivity contribution in [1.82, 2.24) is 10.0 Å². The standard InChI is InChI=1S/C17H23FN2O5S/c18-14-6-8-15(9-7-14)26(23,24)20-11-17(22)25-12-16(21)19-10-13-4-2-1-3-5-13/h6-9,13,20H,1-5,10-12H2,(H,19,21). The number of hydrogen-bond acceptors (Lipinski definition) is 5. The number of hydrogen-bond donors (Lipinski definition) is 2. The van der Waals surface area contributed by atoms with Crippen molar-refractivity contribution in [2.45, 2.75) is 37.0 Å². The molecule has 9 heteroatoms. The predicted molar refractivity (Wildman–Crippen MR) is 92.1 cm³/mol. The molecule has 26 heavy (non-hydrogen) atoms. The summed E-state index contributed by atoms with van der Waals surface area (Å²) >= 11 is 0. The molecule has 1 amide bonds. The van der Waals surface area contributed by atoms with Crippen LogP contribution >= 0.6 is 0 Å². The Morgan fingerprint density at radius 3 is 2.42 bits per heavy atom. The Balaban J connectivity index is 1.67. The zero-order chi connectivity index (χ0) is 19.0. The fourth-order valence-corrected chi connectivity index (χ4v) is 3.72. The van der Waals surface area contributed by atoms with Gasteiger partial charge in [0.25, 0.3) is 5.91 Å². The molecule has 0 atom stereocenters. The fourth-order valence-electron chi connectivity index (χ4n) is 2.75. The summed E-state index contributed by atoms with van der Waals surface area (Å²) < 4.78 is 43.5. The minimum absolute atomic E-state index is 0.170. The van der Waals surface area contributed by atoms with E-state index in [0.29, 0.717) is 12.5 Å². The summed E-state index contributed by atoms with van der Waals surface area (Å²) in [6, 6.07) is 4.18. The van der Waals surface area contributed by atoms with Gasteiger partial charge in [-0.3, -0.25) is 9.59 Å². The number of rotatable bonds is 8. The first kappa shape index (κ1) is 20.3. The van der Waals surface area contributed by atoms with Crippen LogP contribution in [0.25, 0.3) is 0 Å². The molecule has 1 fully saturated rings. The van der Waals surface area contributed by atoms with Crippen molar-refractivity contribution >= 4 is 21.9 Å². The van der Waals surface area contributed by atoms with E-state index < -0.39 is 40.9 Å². The van der Waals surface area contributed by atoms with Crippen molar-refractivity contribution in [3.05, 3.63) is 30.1 Å². The fraction of sp³-hybridized carbons (Fsp3) is 0.529. The number of carbonyl (C=O) groups excluding carboxylic acids is 2. The van der Waals surface area contributed by atoms with Crippen molar-refractivity contribution in [3.8, 4) is 0 Å². The molecule has 0 unspecified atom stereocenters. The van der Waals surface area contributed by atoms with Gasteiger partial charge < -0.3 is 10.1 Å². The van der Waals surface area contributed by atoms with Crippen molar-refractivity contribution in [2.75, 3.05) is 19.7 Å². The van der Waals surface area contributed by atoms with Gasteiger partial charge in [-0.1, -0.05) is 19.3 Å². The summed E-state index contributed by atoms with van der Waals surface area (Å²) in [5, 5.41) is 2.72. The third kappa shape index (κ3) is 6.72. The van der Waals surface area contributed by atoms with E-state index in [-0.39, 0.29) is 4.90 Å². The molecular weight excluding hydrogens is 363 g/mol. The van der Waals surface area contributed by atoms with Crippen LogP contribution in [0, 0.1) is 11.7 Å². The third-order valence-corrected chi connectivity index (χ3v) is 5.62. The van der Waals surface area contributed by atoms with Crippen LogP contribution in [0.2, 0.25) is 0 Å². The van der Waals surface area contributed by atoms with Crippen LogP contribution in [0.3, 0.4) is 0 Å². The molecule has 2 rings (SSSR count). The largest absolute Gasteiger partial charge is 0.455 e. The van der Waals surface area contributed by atoms with Crippen LogP contribution in [0.4, 0.5) is 4.39 Å². The Morgan fingerprint density at radius 2 is 1.77 bits per heavy atom. The van der Waals surface area contributed by atoms with Gasteiger partial charge in [-0.05, 0) is 43.0 Å². The smallest absolute Gasteiger partial charge is 0.321 e. The molecule has 1 saturated carbocycles. The van der Waals surface area contributed by atoms with Gasteiger partial charge in [-0.2, -0.15) is 4.72 Å². The molecule has 1 aromatic rings. The summed E-state index contributed by atoms with van der Waals surface area (Å²) in [6.07, 6.45) is 5.75. The molecule has 144 valence electrons. The minimum Gasteiger partial charge on any atom is -0.455 e. The number of esters is 1. The van der Waals surface area contributed by atoms with Crippen molar-refractivity contribution in [2.24, 2.45) is 5.92 Å². The second-order valence-corrected chi connectivity index (χ2v) is 8.01. The second-order valence-electron chi connectivity index (χ2n) is 6.25. The Hall–Kier alpha value is -2.00. The number of halogens is 1. The van der Waals surface area contributed by atoms with Gasteiger partial charge in [0.15, 0.2) is 6.61 Å². The number of sulfonamides is 1. The van der Waals surface area contributed by atoms with Gasteiger partial charge in [0, 0.05) is 6.54 Å². The Kier molecular flexibility index (Phi) is 7.52. The first-order valence-electron chi connectivity index (χ1n) is 8.54. The lowest BCUT2D eigenvalue weighted by Gasteiger charge is -2.21. The van der Waals surface area contributed by atoms with Crippen molar-refractivity contribution in [3.63, 3.8) is 0 Å². The molecule has 0 aliphatic heterocycles. The van der Waals surface area contributed by atoms with E-state index >= 15 is 0 Å². The van der Waals surface area contributed by atoms with Gasteiger partial charge in [0.05, 0.1) is 4.90 Å². The molecule has 2 N–H and O–H groups in total. The SMILES string of the molecule is O=C(COC(=O)CNS(=O)(=O)c1ccc(F)cc1)NCC1CCCCC1. The summed E-state index contributed by atoms with van der Waals surface area (Å²) in [4.78, 5) is 23.1. The highest BCUT2D eigenvalue weighted by Crippen LogP contribution is 2.22. The average molecular weight is 386 g/mol. The number of nitrogens with one attached hydrogen (secondary N) is 2. The van der Waals surface area contributed by atoms with E-state index in [2.05, 4.69) is 5.32 Å². The number of benzene rings is 1.